The van der Waals surface area contributed by atoms with Gasteiger partial charge in [0.2, 0.25) is 0 Å². The predicted octanol–water partition coefficient (Wildman–Crippen LogP) is 11.6. The van der Waals surface area contributed by atoms with Gasteiger partial charge in [0, 0.05) is 42.4 Å². The van der Waals surface area contributed by atoms with Gasteiger partial charge in [0.1, 0.15) is 0 Å². The van der Waals surface area contributed by atoms with E-state index in [1.54, 1.807) is 0 Å². The Morgan fingerprint density at radius 1 is 0.636 bits per heavy atom. The van der Waals surface area contributed by atoms with Crippen molar-refractivity contribution in [3.8, 4) is 11.1 Å². The summed E-state index contributed by atoms with van der Waals surface area (Å²) in [7, 11) is 0. The van der Waals surface area contributed by atoms with Gasteiger partial charge in [-0.25, -0.2) is 0 Å². The highest BCUT2D eigenvalue weighted by Gasteiger charge is 2.41. The summed E-state index contributed by atoms with van der Waals surface area (Å²) in [6.07, 6.45) is 5.89. The maximum absolute atomic E-state index is 2.58. The number of fused-ring (bicyclic) bond motifs is 9. The lowest BCUT2D eigenvalue weighted by Gasteiger charge is -2.36. The Labute approximate surface area is 263 Å². The predicted molar refractivity (Wildman–Crippen MR) is 189 cm³/mol. The molecule has 3 aliphatic rings. The standard InChI is InChI=1S/C42H35NS/c1-41(2)35-22-19-27(24-33(35)39-36(41)23-21-32-31-15-9-11-17-38(31)44-40(32)39)43(26-12-6-5-7-13-26)28-18-20-30-29-14-8-10-16-34(29)42(3,4)37(30)25-28/h5-23,25,27H,24H2,1-4H3. The molecule has 1 heterocycles. The fourth-order valence-electron chi connectivity index (χ4n) is 8.41. The van der Waals surface area contributed by atoms with Gasteiger partial charge in [-0.2, -0.15) is 0 Å². The van der Waals surface area contributed by atoms with Crippen LogP contribution in [-0.2, 0) is 10.8 Å². The van der Waals surface area contributed by atoms with Crippen LogP contribution in [-0.4, -0.2) is 6.04 Å². The van der Waals surface area contributed by atoms with Crippen molar-refractivity contribution in [3.63, 3.8) is 0 Å². The zero-order valence-electron chi connectivity index (χ0n) is 25.7. The Bertz CT molecular complexity index is 2210. The molecular formula is C42H35NS. The van der Waals surface area contributed by atoms with E-state index < -0.39 is 0 Å². The first-order valence-corrected chi connectivity index (χ1v) is 16.6. The number of benzene rings is 5. The molecule has 0 radical (unpaired) electrons. The molecule has 1 atom stereocenters. The largest absolute Gasteiger partial charge is 0.334 e. The summed E-state index contributed by atoms with van der Waals surface area (Å²) in [6.45, 7) is 9.57. The highest BCUT2D eigenvalue weighted by atomic mass is 32.1. The Morgan fingerprint density at radius 2 is 1.39 bits per heavy atom. The Morgan fingerprint density at radius 3 is 2.25 bits per heavy atom. The second-order valence-corrected chi connectivity index (χ2v) is 14.8. The van der Waals surface area contributed by atoms with Crippen molar-refractivity contribution in [2.45, 2.75) is 51.0 Å². The highest BCUT2D eigenvalue weighted by molar-refractivity contribution is 7.26. The first kappa shape index (κ1) is 26.0. The minimum absolute atomic E-state index is 0.0164. The SMILES string of the molecule is CC1(C)C2=C(CC(N(c3ccccc3)c3ccc4c(c3)C(C)(C)c3ccccc3-4)C=C2)c2c1ccc1c2sc2ccccc21. The summed E-state index contributed by atoms with van der Waals surface area (Å²) >= 11 is 1.96. The molecule has 0 bridgehead atoms. The number of anilines is 2. The third kappa shape index (κ3) is 3.46. The second-order valence-electron chi connectivity index (χ2n) is 13.7. The van der Waals surface area contributed by atoms with Crippen molar-refractivity contribution >= 4 is 48.5 Å². The first-order valence-electron chi connectivity index (χ1n) is 15.8. The van der Waals surface area contributed by atoms with Gasteiger partial charge in [-0.15, -0.1) is 11.3 Å². The lowest BCUT2D eigenvalue weighted by molar-refractivity contribution is 0.647. The molecule has 0 saturated carbocycles. The normalized spacial score (nSPS) is 18.8. The van der Waals surface area contributed by atoms with E-state index >= 15 is 0 Å². The molecule has 6 aromatic rings. The van der Waals surface area contributed by atoms with Crippen LogP contribution in [0.4, 0.5) is 11.4 Å². The van der Waals surface area contributed by atoms with E-state index in [1.807, 2.05) is 11.3 Å². The number of hydrogen-bond donors (Lipinski definition) is 0. The van der Waals surface area contributed by atoms with Gasteiger partial charge in [0.25, 0.3) is 0 Å². The molecule has 44 heavy (non-hydrogen) atoms. The van der Waals surface area contributed by atoms with Crippen LogP contribution < -0.4 is 4.90 Å². The van der Waals surface area contributed by atoms with E-state index in [0.717, 1.165) is 6.42 Å². The second kappa shape index (κ2) is 9.06. The molecule has 0 N–H and O–H groups in total. The van der Waals surface area contributed by atoms with Gasteiger partial charge in [0.05, 0.1) is 6.04 Å². The van der Waals surface area contributed by atoms with Crippen molar-refractivity contribution in [1.82, 2.24) is 0 Å². The summed E-state index contributed by atoms with van der Waals surface area (Å²) in [4.78, 5) is 2.58. The molecule has 1 unspecified atom stereocenters. The van der Waals surface area contributed by atoms with Crippen molar-refractivity contribution < 1.29 is 0 Å². The monoisotopic (exact) mass is 585 g/mol. The average Bonchev–Trinajstić information content (AvgIpc) is 3.61. The van der Waals surface area contributed by atoms with Crippen LogP contribution >= 0.6 is 11.3 Å². The van der Waals surface area contributed by atoms with Crippen LogP contribution in [0, 0.1) is 0 Å². The fourth-order valence-corrected chi connectivity index (χ4v) is 9.69. The van der Waals surface area contributed by atoms with E-state index in [0.29, 0.717) is 0 Å². The molecule has 0 amide bonds. The molecule has 0 fully saturated rings. The third-order valence-corrected chi connectivity index (χ3v) is 11.8. The topological polar surface area (TPSA) is 3.24 Å². The van der Waals surface area contributed by atoms with E-state index in [-0.39, 0.29) is 16.9 Å². The van der Waals surface area contributed by atoms with Crippen molar-refractivity contribution in [2.75, 3.05) is 4.90 Å². The van der Waals surface area contributed by atoms with Gasteiger partial charge in [-0.1, -0.05) is 119 Å². The number of allylic oxidation sites excluding steroid dienone is 2. The van der Waals surface area contributed by atoms with Gasteiger partial charge >= 0.3 is 0 Å². The highest BCUT2D eigenvalue weighted by Crippen LogP contribution is 2.55. The lowest BCUT2D eigenvalue weighted by Crippen LogP contribution is -2.32. The van der Waals surface area contributed by atoms with Crippen LogP contribution in [0.3, 0.4) is 0 Å². The molecule has 2 heteroatoms. The minimum atomic E-state index is -0.0381. The van der Waals surface area contributed by atoms with Gasteiger partial charge in [0.15, 0.2) is 0 Å². The van der Waals surface area contributed by atoms with Crippen LogP contribution in [0.1, 0.15) is 56.4 Å². The molecule has 214 valence electrons. The summed E-state index contributed by atoms with van der Waals surface area (Å²) in [5, 5.41) is 2.76. The van der Waals surface area contributed by atoms with Crippen molar-refractivity contribution in [2.24, 2.45) is 0 Å². The number of rotatable bonds is 3. The summed E-state index contributed by atoms with van der Waals surface area (Å²) < 4.78 is 2.82. The molecule has 5 aromatic carbocycles. The van der Waals surface area contributed by atoms with Crippen LogP contribution in [0.15, 0.2) is 127 Å². The zero-order valence-corrected chi connectivity index (χ0v) is 26.5. The molecule has 0 aliphatic heterocycles. The van der Waals surface area contributed by atoms with E-state index in [4.69, 9.17) is 0 Å². The van der Waals surface area contributed by atoms with Crippen LogP contribution in [0.5, 0.6) is 0 Å². The number of nitrogens with zero attached hydrogens (tertiary/aromatic N) is 1. The Hall–Kier alpha value is -4.40. The van der Waals surface area contributed by atoms with Crippen molar-refractivity contribution in [1.29, 1.82) is 0 Å². The van der Waals surface area contributed by atoms with Crippen LogP contribution in [0.2, 0.25) is 0 Å². The summed E-state index contributed by atoms with van der Waals surface area (Å²) in [5.41, 5.74) is 14.0. The van der Waals surface area contributed by atoms with Gasteiger partial charge < -0.3 is 4.90 Å². The van der Waals surface area contributed by atoms with Gasteiger partial charge in [-0.05, 0) is 81.3 Å². The van der Waals surface area contributed by atoms with E-state index in [2.05, 4.69) is 154 Å². The number of thiophene rings is 1. The van der Waals surface area contributed by atoms with E-state index in [1.165, 1.54) is 76.1 Å². The third-order valence-electron chi connectivity index (χ3n) is 10.6. The van der Waals surface area contributed by atoms with Crippen molar-refractivity contribution in [3.05, 3.63) is 149 Å². The molecular weight excluding hydrogens is 551 g/mol. The number of hydrogen-bond acceptors (Lipinski definition) is 2. The molecule has 1 nitrogen and oxygen atoms in total. The summed E-state index contributed by atoms with van der Waals surface area (Å²) in [5.74, 6) is 0. The molecule has 0 spiro atoms. The van der Waals surface area contributed by atoms with Crippen LogP contribution in [0.25, 0.3) is 36.9 Å². The maximum atomic E-state index is 2.58. The smallest absolute Gasteiger partial charge is 0.0566 e. The van der Waals surface area contributed by atoms with Gasteiger partial charge in [-0.3, -0.25) is 0 Å². The van der Waals surface area contributed by atoms with E-state index in [9.17, 15) is 0 Å². The summed E-state index contributed by atoms with van der Waals surface area (Å²) in [6, 6.07) is 41.0. The number of para-hydroxylation sites is 1. The average molecular weight is 586 g/mol. The molecule has 9 rings (SSSR count). The lowest BCUT2D eigenvalue weighted by atomic mass is 9.79. The molecule has 3 aliphatic carbocycles. The fraction of sp³-hybridized carbons (Fsp3) is 0.190. The molecule has 1 aromatic heterocycles. The first-order chi connectivity index (χ1) is 21.3. The Kier molecular flexibility index (Phi) is 5.36. The maximum Gasteiger partial charge on any atom is 0.0566 e. The molecule has 0 saturated heterocycles. The minimum Gasteiger partial charge on any atom is -0.334 e. The quantitative estimate of drug-likeness (QED) is 0.200. The zero-order chi connectivity index (χ0) is 29.8. The Balaban J connectivity index is 1.19.